The Morgan fingerprint density at radius 1 is 1.21 bits per heavy atom. The van der Waals surface area contributed by atoms with Gasteiger partial charge in [-0.25, -0.2) is 4.79 Å². The molecule has 0 radical (unpaired) electrons. The van der Waals surface area contributed by atoms with E-state index in [1.807, 2.05) is 26.0 Å². The molecule has 0 spiro atoms. The molecular weight excluding hydrogens is 496 g/mol. The number of rotatable bonds is 9. The summed E-state index contributed by atoms with van der Waals surface area (Å²) in [6.07, 6.45) is 7.06. The predicted molar refractivity (Wildman–Crippen MR) is 136 cm³/mol. The van der Waals surface area contributed by atoms with Crippen molar-refractivity contribution in [1.82, 2.24) is 4.90 Å². The molecule has 180 valence electrons. The maximum absolute atomic E-state index is 12.5. The van der Waals surface area contributed by atoms with Crippen LogP contribution in [-0.4, -0.2) is 50.5 Å². The van der Waals surface area contributed by atoms with Gasteiger partial charge in [0.15, 0.2) is 0 Å². The molecule has 8 nitrogen and oxygen atoms in total. The quantitative estimate of drug-likeness (QED) is 0.156. The van der Waals surface area contributed by atoms with E-state index in [9.17, 15) is 14.4 Å². The minimum atomic E-state index is -1.11. The number of carboxylic acid groups (broad SMARTS) is 1. The van der Waals surface area contributed by atoms with Crippen LogP contribution in [0, 0.1) is 6.92 Å². The monoisotopic (exact) mass is 520 g/mol. The van der Waals surface area contributed by atoms with Gasteiger partial charge < -0.3 is 14.9 Å². The number of thioether (sulfide) groups is 2. The highest BCUT2D eigenvalue weighted by Gasteiger charge is 2.33. The van der Waals surface area contributed by atoms with Crippen molar-refractivity contribution in [2.75, 3.05) is 18.0 Å². The molecule has 0 atom stereocenters. The molecule has 1 fully saturated rings. The number of nitrogens with zero attached hydrogens (tertiary/aromatic N) is 2. The Morgan fingerprint density at radius 2 is 1.97 bits per heavy atom. The number of amides is 1. The first kappa shape index (κ1) is 26.0. The van der Waals surface area contributed by atoms with Crippen LogP contribution in [0.25, 0.3) is 0 Å². The predicted octanol–water partition coefficient (Wildman–Crippen LogP) is 4.71. The number of thiocarbonyl (C=S) groups is 1. The first-order valence-electron chi connectivity index (χ1n) is 10.5. The van der Waals surface area contributed by atoms with E-state index in [0.29, 0.717) is 17.9 Å². The van der Waals surface area contributed by atoms with E-state index in [1.165, 1.54) is 0 Å². The van der Waals surface area contributed by atoms with Gasteiger partial charge in [-0.3, -0.25) is 14.5 Å². The molecule has 1 amide bonds. The van der Waals surface area contributed by atoms with Gasteiger partial charge in [0, 0.05) is 17.9 Å². The summed E-state index contributed by atoms with van der Waals surface area (Å²) in [6, 6.07) is 6.25. The van der Waals surface area contributed by atoms with Gasteiger partial charge in [0.05, 0.1) is 15.6 Å². The highest BCUT2D eigenvalue weighted by atomic mass is 32.2. The van der Waals surface area contributed by atoms with Crippen molar-refractivity contribution < 1.29 is 29.6 Å². The minimum absolute atomic E-state index is 0.149. The highest BCUT2D eigenvalue weighted by Crippen LogP contribution is 2.46. The van der Waals surface area contributed by atoms with Gasteiger partial charge >= 0.3 is 11.9 Å². The van der Waals surface area contributed by atoms with Gasteiger partial charge in [0.2, 0.25) is 0 Å². The van der Waals surface area contributed by atoms with Crippen LogP contribution >= 0.6 is 35.7 Å². The Labute approximate surface area is 211 Å². The number of carbonyl (C=O) groups excluding carboxylic acids is 2. The van der Waals surface area contributed by atoms with E-state index in [2.05, 4.69) is 28.0 Å². The highest BCUT2D eigenvalue weighted by molar-refractivity contribution is 8.26. The Morgan fingerprint density at radius 3 is 2.68 bits per heavy atom. The summed E-state index contributed by atoms with van der Waals surface area (Å²) in [5, 5.41) is 18.4. The second-order valence-corrected chi connectivity index (χ2v) is 10.5. The van der Waals surface area contributed by atoms with Crippen LogP contribution in [0.5, 0.6) is 0 Å². The van der Waals surface area contributed by atoms with E-state index in [-0.39, 0.29) is 10.7 Å². The molecule has 2 aliphatic rings. The lowest BCUT2D eigenvalue weighted by Crippen LogP contribution is -2.33. The summed E-state index contributed by atoms with van der Waals surface area (Å²) < 4.78 is 0.234. The number of anilines is 1. The van der Waals surface area contributed by atoms with Gasteiger partial charge in [-0.1, -0.05) is 47.9 Å². The second kappa shape index (κ2) is 11.7. The number of hydrogen-bond donors (Lipinski definition) is 2. The van der Waals surface area contributed by atoms with Gasteiger partial charge in [0.1, 0.15) is 10.9 Å². The van der Waals surface area contributed by atoms with Crippen molar-refractivity contribution >= 4 is 63.6 Å². The van der Waals surface area contributed by atoms with Gasteiger partial charge in [0.25, 0.3) is 5.91 Å². The Balaban J connectivity index is 1.76. The summed E-state index contributed by atoms with van der Waals surface area (Å²) in [4.78, 5) is 43.1. The number of hydrogen-bond acceptors (Lipinski definition) is 9. The standard InChI is InChI=1S/C23H24N2O6S3/c1-14-6-8-16-17(11-14)33-19(24(16)10-4-3-5-21(28)31-30)9-7-15(2)12-18-22(29)25(13-20(26)27)23(32)34-18/h6-9,11-12,30H,3-5,10,13H2,1-2H3,(H,26,27). The van der Waals surface area contributed by atoms with Gasteiger partial charge in [-0.15, -0.1) is 0 Å². The van der Waals surface area contributed by atoms with Crippen LogP contribution in [0.2, 0.25) is 0 Å². The molecule has 1 saturated heterocycles. The number of unbranched alkanes of at least 4 members (excludes halogenated alkanes) is 1. The Bertz CT molecular complexity index is 1110. The van der Waals surface area contributed by atoms with Gasteiger partial charge in [-0.05, 0) is 62.1 Å². The van der Waals surface area contributed by atoms with Crippen molar-refractivity contribution in [2.45, 2.75) is 38.0 Å². The maximum atomic E-state index is 12.5. The summed E-state index contributed by atoms with van der Waals surface area (Å²) in [5.74, 6) is -2.16. The fourth-order valence-corrected chi connectivity index (χ4v) is 5.88. The number of aryl methyl sites for hydroxylation is 1. The van der Waals surface area contributed by atoms with Crippen molar-refractivity contribution in [2.24, 2.45) is 0 Å². The summed E-state index contributed by atoms with van der Waals surface area (Å²) in [7, 11) is 0. The van der Waals surface area contributed by atoms with Crippen LogP contribution in [0.3, 0.4) is 0 Å². The molecule has 2 aliphatic heterocycles. The molecule has 0 bridgehead atoms. The van der Waals surface area contributed by atoms with E-state index >= 15 is 0 Å². The average Bonchev–Trinajstić information content (AvgIpc) is 3.25. The normalized spacial score (nSPS) is 18.3. The van der Waals surface area contributed by atoms with Crippen LogP contribution in [-0.2, 0) is 19.3 Å². The first-order valence-corrected chi connectivity index (χ1v) is 12.5. The lowest BCUT2D eigenvalue weighted by Gasteiger charge is -2.20. The van der Waals surface area contributed by atoms with Crippen molar-refractivity contribution in [3.63, 3.8) is 0 Å². The molecule has 11 heteroatoms. The Hall–Kier alpha value is -2.60. The summed E-state index contributed by atoms with van der Waals surface area (Å²) in [6.45, 7) is 4.14. The van der Waals surface area contributed by atoms with Gasteiger partial charge in [-0.2, -0.15) is 5.26 Å². The van der Waals surface area contributed by atoms with E-state index < -0.39 is 24.4 Å². The molecule has 0 aliphatic carbocycles. The Kier molecular flexibility index (Phi) is 8.95. The fourth-order valence-electron chi connectivity index (χ4n) is 3.38. The molecule has 0 saturated carbocycles. The van der Waals surface area contributed by atoms with Crippen LogP contribution in [0.4, 0.5) is 5.69 Å². The zero-order valence-electron chi connectivity index (χ0n) is 18.6. The second-order valence-electron chi connectivity index (χ2n) is 7.72. The molecule has 2 heterocycles. The van der Waals surface area contributed by atoms with Crippen molar-refractivity contribution in [1.29, 1.82) is 0 Å². The average molecular weight is 521 g/mol. The van der Waals surface area contributed by atoms with Crippen LogP contribution < -0.4 is 4.90 Å². The number of carbonyl (C=O) groups is 3. The largest absolute Gasteiger partial charge is 0.480 e. The zero-order chi connectivity index (χ0) is 24.8. The van der Waals surface area contributed by atoms with Crippen molar-refractivity contribution in [3.05, 3.63) is 57.5 Å². The van der Waals surface area contributed by atoms with E-state index in [0.717, 1.165) is 49.8 Å². The topological polar surface area (TPSA) is 107 Å². The number of allylic oxidation sites excluding steroid dienone is 4. The first-order chi connectivity index (χ1) is 16.2. The van der Waals surface area contributed by atoms with E-state index in [4.69, 9.17) is 22.6 Å². The third kappa shape index (κ3) is 6.50. The lowest BCUT2D eigenvalue weighted by atomic mass is 10.2. The molecule has 3 rings (SSSR count). The third-order valence-corrected chi connectivity index (χ3v) is 7.51. The maximum Gasteiger partial charge on any atom is 0.342 e. The molecule has 34 heavy (non-hydrogen) atoms. The van der Waals surface area contributed by atoms with E-state index in [1.54, 1.807) is 17.8 Å². The van der Waals surface area contributed by atoms with Crippen LogP contribution in [0.1, 0.15) is 31.7 Å². The minimum Gasteiger partial charge on any atom is -0.480 e. The molecule has 0 unspecified atom stereocenters. The molecule has 1 aromatic rings. The number of aliphatic carboxylic acids is 1. The molecule has 0 aromatic heterocycles. The SMILES string of the molecule is CC(=CC=C1Sc2cc(C)ccc2N1CCCCC(=O)OO)C=C1SC(=S)N(CC(=O)O)C1=O. The number of benzene rings is 1. The smallest absolute Gasteiger partial charge is 0.342 e. The molecule has 2 N–H and O–H groups in total. The molecule has 1 aromatic carbocycles. The molecular formula is C23H24N2O6S3. The van der Waals surface area contributed by atoms with Crippen molar-refractivity contribution in [3.8, 4) is 0 Å². The summed E-state index contributed by atoms with van der Waals surface area (Å²) >= 11 is 7.87. The fraction of sp³-hybridized carbons (Fsp3) is 0.304. The van der Waals surface area contributed by atoms with Crippen LogP contribution in [0.15, 0.2) is 56.8 Å². The number of carboxylic acids is 1. The lowest BCUT2D eigenvalue weighted by molar-refractivity contribution is -0.234. The third-order valence-electron chi connectivity index (χ3n) is 5.02. The summed E-state index contributed by atoms with van der Waals surface area (Å²) in [5.41, 5.74) is 3.07. The zero-order valence-corrected chi connectivity index (χ0v) is 21.1. The number of fused-ring (bicyclic) bond motifs is 1.